The van der Waals surface area contributed by atoms with E-state index in [-0.39, 0.29) is 21.9 Å². The zero-order valence-corrected chi connectivity index (χ0v) is 16.1. The van der Waals surface area contributed by atoms with Crippen LogP contribution in [0, 0.1) is 5.92 Å². The third-order valence-corrected chi connectivity index (χ3v) is 7.68. The normalized spacial score (nSPS) is 25.0. The molecule has 138 valence electrons. The van der Waals surface area contributed by atoms with Crippen LogP contribution in [0.15, 0.2) is 23.1 Å². The average molecular weight is 385 g/mol. The van der Waals surface area contributed by atoms with Crippen LogP contribution in [0.5, 0.6) is 0 Å². The van der Waals surface area contributed by atoms with Crippen molar-refractivity contribution in [2.24, 2.45) is 5.92 Å². The van der Waals surface area contributed by atoms with Gasteiger partial charge in [0.05, 0.1) is 5.02 Å². The standard InChI is InChI=1S/C18H25ClN2O3S/c1-13-6-2-3-7-16(13)20-18(22)14-8-9-15(19)17(12-14)25(23,24)21-10-4-5-11-21/h8-9,12-13,16H,2-7,10-11H2,1H3,(H,20,22)/t13-,16+/m0/s1. The minimum absolute atomic E-state index is 0.0282. The Morgan fingerprint density at radius 1 is 1.16 bits per heavy atom. The number of amides is 1. The van der Waals surface area contributed by atoms with Crippen LogP contribution in [0.1, 0.15) is 55.8 Å². The quantitative estimate of drug-likeness (QED) is 0.864. The van der Waals surface area contributed by atoms with Crippen molar-refractivity contribution in [2.45, 2.75) is 56.4 Å². The molecule has 2 fully saturated rings. The van der Waals surface area contributed by atoms with Gasteiger partial charge in [0.15, 0.2) is 0 Å². The Hall–Kier alpha value is -1.11. The summed E-state index contributed by atoms with van der Waals surface area (Å²) in [4.78, 5) is 12.6. The van der Waals surface area contributed by atoms with E-state index in [4.69, 9.17) is 11.6 Å². The largest absolute Gasteiger partial charge is 0.349 e. The molecule has 2 aliphatic rings. The van der Waals surface area contributed by atoms with E-state index in [2.05, 4.69) is 12.2 Å². The summed E-state index contributed by atoms with van der Waals surface area (Å²) in [6.07, 6.45) is 6.12. The van der Waals surface area contributed by atoms with Crippen LogP contribution in [0.4, 0.5) is 0 Å². The Bertz CT molecular complexity index is 745. The predicted octanol–water partition coefficient (Wildman–Crippen LogP) is 3.43. The molecule has 1 aliphatic carbocycles. The average Bonchev–Trinajstić information content (AvgIpc) is 3.12. The van der Waals surface area contributed by atoms with Crippen LogP contribution < -0.4 is 5.32 Å². The second kappa shape index (κ2) is 7.64. The molecule has 1 aliphatic heterocycles. The molecule has 7 heteroatoms. The minimum Gasteiger partial charge on any atom is -0.349 e. The van der Waals surface area contributed by atoms with Crippen LogP contribution in [0.25, 0.3) is 0 Å². The summed E-state index contributed by atoms with van der Waals surface area (Å²) < 4.78 is 27.0. The number of rotatable bonds is 4. The minimum atomic E-state index is -3.65. The highest BCUT2D eigenvalue weighted by atomic mass is 35.5. The molecule has 0 unspecified atom stereocenters. The fourth-order valence-electron chi connectivity index (χ4n) is 3.69. The van der Waals surface area contributed by atoms with Gasteiger partial charge in [0.1, 0.15) is 4.90 Å². The number of halogens is 1. The molecule has 2 atom stereocenters. The van der Waals surface area contributed by atoms with E-state index < -0.39 is 10.0 Å². The van der Waals surface area contributed by atoms with E-state index in [0.29, 0.717) is 24.6 Å². The number of nitrogens with zero attached hydrogens (tertiary/aromatic N) is 1. The Labute approximate surface area is 154 Å². The van der Waals surface area contributed by atoms with Gasteiger partial charge in [0.25, 0.3) is 5.91 Å². The topological polar surface area (TPSA) is 66.5 Å². The molecule has 0 bridgehead atoms. The van der Waals surface area contributed by atoms with Crippen molar-refractivity contribution in [1.29, 1.82) is 0 Å². The molecule has 0 aromatic heterocycles. The zero-order valence-electron chi connectivity index (χ0n) is 14.5. The third kappa shape index (κ3) is 4.01. The van der Waals surface area contributed by atoms with E-state index in [0.717, 1.165) is 32.1 Å². The zero-order chi connectivity index (χ0) is 18.0. The second-order valence-electron chi connectivity index (χ2n) is 7.10. The van der Waals surface area contributed by atoms with Gasteiger partial charge in [-0.1, -0.05) is 31.4 Å². The Kier molecular flexibility index (Phi) is 5.71. The number of benzene rings is 1. The number of nitrogens with one attached hydrogen (secondary N) is 1. The van der Waals surface area contributed by atoms with Crippen molar-refractivity contribution in [3.63, 3.8) is 0 Å². The summed E-state index contributed by atoms with van der Waals surface area (Å²) in [5.74, 6) is 0.214. The van der Waals surface area contributed by atoms with E-state index >= 15 is 0 Å². The smallest absolute Gasteiger partial charge is 0.251 e. The molecule has 1 amide bonds. The molecule has 5 nitrogen and oxygen atoms in total. The van der Waals surface area contributed by atoms with Crippen molar-refractivity contribution in [3.8, 4) is 0 Å². The first-order valence-electron chi connectivity index (χ1n) is 9.00. The van der Waals surface area contributed by atoms with Gasteiger partial charge in [-0.2, -0.15) is 4.31 Å². The lowest BCUT2D eigenvalue weighted by atomic mass is 9.86. The lowest BCUT2D eigenvalue weighted by molar-refractivity contribution is 0.0910. The molecule has 1 saturated carbocycles. The molecule has 1 heterocycles. The molecule has 1 aromatic carbocycles. The number of hydrogen-bond donors (Lipinski definition) is 1. The molecular formula is C18H25ClN2O3S. The lowest BCUT2D eigenvalue weighted by Gasteiger charge is -2.29. The maximum Gasteiger partial charge on any atom is 0.251 e. The lowest BCUT2D eigenvalue weighted by Crippen LogP contribution is -2.41. The Morgan fingerprint density at radius 3 is 2.52 bits per heavy atom. The molecule has 1 N–H and O–H groups in total. The van der Waals surface area contributed by atoms with Gasteiger partial charge in [-0.3, -0.25) is 4.79 Å². The van der Waals surface area contributed by atoms with Crippen molar-refractivity contribution in [3.05, 3.63) is 28.8 Å². The van der Waals surface area contributed by atoms with Crippen LogP contribution >= 0.6 is 11.6 Å². The predicted molar refractivity (Wildman–Crippen MR) is 98.3 cm³/mol. The summed E-state index contributed by atoms with van der Waals surface area (Å²) in [5, 5.41) is 3.22. The van der Waals surface area contributed by atoms with Crippen LogP contribution in [-0.4, -0.2) is 37.8 Å². The van der Waals surface area contributed by atoms with Gasteiger partial charge in [0, 0.05) is 24.7 Å². The highest BCUT2D eigenvalue weighted by Crippen LogP contribution is 2.29. The van der Waals surface area contributed by atoms with Crippen LogP contribution in [0.2, 0.25) is 5.02 Å². The SMILES string of the molecule is C[C@H]1CCCC[C@H]1NC(=O)c1ccc(Cl)c(S(=O)(=O)N2CCCC2)c1. The Balaban J connectivity index is 1.82. The summed E-state index contributed by atoms with van der Waals surface area (Å²) in [5.41, 5.74) is 0.347. The van der Waals surface area contributed by atoms with Gasteiger partial charge in [-0.25, -0.2) is 8.42 Å². The first kappa shape index (κ1) is 18.7. The van der Waals surface area contributed by atoms with Crippen molar-refractivity contribution in [2.75, 3.05) is 13.1 Å². The van der Waals surface area contributed by atoms with Gasteiger partial charge in [-0.15, -0.1) is 0 Å². The molecule has 25 heavy (non-hydrogen) atoms. The first-order chi connectivity index (χ1) is 11.9. The van der Waals surface area contributed by atoms with Gasteiger partial charge in [-0.05, 0) is 49.8 Å². The van der Waals surface area contributed by atoms with Crippen LogP contribution in [-0.2, 0) is 10.0 Å². The van der Waals surface area contributed by atoms with Crippen molar-refractivity contribution < 1.29 is 13.2 Å². The van der Waals surface area contributed by atoms with Gasteiger partial charge >= 0.3 is 0 Å². The summed E-state index contributed by atoms with van der Waals surface area (Å²) in [7, 11) is -3.65. The summed E-state index contributed by atoms with van der Waals surface area (Å²) in [6.45, 7) is 3.17. The Morgan fingerprint density at radius 2 is 1.84 bits per heavy atom. The second-order valence-corrected chi connectivity index (χ2v) is 9.41. The molecule has 3 rings (SSSR count). The number of carbonyl (C=O) groups is 1. The maximum absolute atomic E-state index is 12.8. The monoisotopic (exact) mass is 384 g/mol. The molecular weight excluding hydrogens is 360 g/mol. The van der Waals surface area contributed by atoms with Crippen molar-refractivity contribution >= 4 is 27.5 Å². The van der Waals surface area contributed by atoms with Crippen molar-refractivity contribution in [1.82, 2.24) is 9.62 Å². The number of hydrogen-bond acceptors (Lipinski definition) is 3. The fourth-order valence-corrected chi connectivity index (χ4v) is 5.71. The van der Waals surface area contributed by atoms with Gasteiger partial charge in [0.2, 0.25) is 10.0 Å². The maximum atomic E-state index is 12.8. The molecule has 1 saturated heterocycles. The van der Waals surface area contributed by atoms with E-state index in [1.54, 1.807) is 6.07 Å². The highest BCUT2D eigenvalue weighted by molar-refractivity contribution is 7.89. The summed E-state index contributed by atoms with van der Waals surface area (Å²) >= 11 is 6.14. The molecule has 1 aromatic rings. The number of sulfonamides is 1. The number of carbonyl (C=O) groups excluding carboxylic acids is 1. The summed E-state index contributed by atoms with van der Waals surface area (Å²) in [6, 6.07) is 4.66. The first-order valence-corrected chi connectivity index (χ1v) is 10.8. The molecule has 0 radical (unpaired) electrons. The highest BCUT2D eigenvalue weighted by Gasteiger charge is 2.30. The van der Waals surface area contributed by atoms with E-state index in [1.165, 1.54) is 22.9 Å². The van der Waals surface area contributed by atoms with Gasteiger partial charge < -0.3 is 5.32 Å². The third-order valence-electron chi connectivity index (χ3n) is 5.30. The molecule has 0 spiro atoms. The van der Waals surface area contributed by atoms with Crippen LogP contribution in [0.3, 0.4) is 0 Å². The van der Waals surface area contributed by atoms with E-state index in [9.17, 15) is 13.2 Å². The van der Waals surface area contributed by atoms with E-state index in [1.807, 2.05) is 0 Å². The fraction of sp³-hybridized carbons (Fsp3) is 0.611.